The van der Waals surface area contributed by atoms with Gasteiger partial charge in [-0.25, -0.2) is 0 Å². The summed E-state index contributed by atoms with van der Waals surface area (Å²) in [5.74, 6) is 1.34. The lowest BCUT2D eigenvalue weighted by Crippen LogP contribution is -2.05. The third kappa shape index (κ3) is 3.91. The Kier molecular flexibility index (Phi) is 5.80. The van der Waals surface area contributed by atoms with E-state index in [0.717, 1.165) is 5.56 Å². The van der Waals surface area contributed by atoms with Crippen molar-refractivity contribution >= 4 is 0 Å². The average Bonchev–Trinajstić information content (AvgIpc) is 2.38. The van der Waals surface area contributed by atoms with Gasteiger partial charge in [-0.3, -0.25) is 0 Å². The highest BCUT2D eigenvalue weighted by molar-refractivity contribution is 5.41. The molecule has 0 saturated carbocycles. The van der Waals surface area contributed by atoms with Crippen molar-refractivity contribution in [1.29, 1.82) is 0 Å². The van der Waals surface area contributed by atoms with Gasteiger partial charge in [0.2, 0.25) is 0 Å². The van der Waals surface area contributed by atoms with Gasteiger partial charge in [0.25, 0.3) is 0 Å². The quantitative estimate of drug-likeness (QED) is 0.742. The lowest BCUT2D eigenvalue weighted by Gasteiger charge is -2.15. The van der Waals surface area contributed by atoms with Crippen LogP contribution in [-0.2, 0) is 4.74 Å². The van der Waals surface area contributed by atoms with Gasteiger partial charge in [0.05, 0.1) is 20.3 Å². The minimum atomic E-state index is -0.581. The lowest BCUT2D eigenvalue weighted by molar-refractivity contribution is 0.0873. The van der Waals surface area contributed by atoms with Crippen molar-refractivity contribution in [2.75, 3.05) is 27.4 Å². The number of hydrogen-bond acceptors (Lipinski definition) is 4. The summed E-state index contributed by atoms with van der Waals surface area (Å²) in [5.41, 5.74) is 0.757. The minimum absolute atomic E-state index is 0.535. The van der Waals surface area contributed by atoms with Gasteiger partial charge in [-0.1, -0.05) is 0 Å². The second-order valence-corrected chi connectivity index (χ2v) is 3.61. The van der Waals surface area contributed by atoms with Gasteiger partial charge in [-0.2, -0.15) is 0 Å². The van der Waals surface area contributed by atoms with Crippen LogP contribution in [0.1, 0.15) is 25.0 Å². The second-order valence-electron chi connectivity index (χ2n) is 3.61. The highest BCUT2D eigenvalue weighted by Gasteiger charge is 2.13. The number of ether oxygens (including phenoxy) is 3. The van der Waals surface area contributed by atoms with Crippen molar-refractivity contribution in [2.24, 2.45) is 0 Å². The summed E-state index contributed by atoms with van der Waals surface area (Å²) in [4.78, 5) is 0. The largest absolute Gasteiger partial charge is 0.497 e. The van der Waals surface area contributed by atoms with Gasteiger partial charge in [0.1, 0.15) is 11.5 Å². The molecule has 1 rings (SSSR count). The van der Waals surface area contributed by atoms with E-state index < -0.39 is 6.10 Å². The molecule has 1 unspecified atom stereocenters. The van der Waals surface area contributed by atoms with Crippen LogP contribution in [0.3, 0.4) is 0 Å². The number of aliphatic hydroxyl groups is 1. The fraction of sp³-hybridized carbons (Fsp3) is 0.538. The normalized spacial score (nSPS) is 12.2. The molecule has 1 aromatic carbocycles. The topological polar surface area (TPSA) is 47.9 Å². The summed E-state index contributed by atoms with van der Waals surface area (Å²) in [6.45, 7) is 3.12. The van der Waals surface area contributed by atoms with Crippen molar-refractivity contribution in [3.8, 4) is 11.5 Å². The van der Waals surface area contributed by atoms with E-state index in [1.54, 1.807) is 20.3 Å². The van der Waals surface area contributed by atoms with Gasteiger partial charge < -0.3 is 19.3 Å². The number of methoxy groups -OCH3 is 2. The van der Waals surface area contributed by atoms with Crippen LogP contribution in [0.2, 0.25) is 0 Å². The van der Waals surface area contributed by atoms with Crippen LogP contribution in [0.25, 0.3) is 0 Å². The highest BCUT2D eigenvalue weighted by atomic mass is 16.5. The standard InChI is InChI=1S/C13H20O4/c1-4-17-8-7-12(14)11-6-5-10(15-2)9-13(11)16-3/h5-6,9,12,14H,4,7-8H2,1-3H3. The first-order chi connectivity index (χ1) is 8.22. The molecule has 0 amide bonds. The Hall–Kier alpha value is -1.26. The third-order valence-electron chi connectivity index (χ3n) is 2.54. The summed E-state index contributed by atoms with van der Waals surface area (Å²) in [7, 11) is 3.17. The van der Waals surface area contributed by atoms with Crippen molar-refractivity contribution in [2.45, 2.75) is 19.4 Å². The molecule has 0 bridgehead atoms. The number of aliphatic hydroxyl groups excluding tert-OH is 1. The molecule has 1 aromatic rings. The van der Waals surface area contributed by atoms with E-state index in [4.69, 9.17) is 14.2 Å². The minimum Gasteiger partial charge on any atom is -0.497 e. The van der Waals surface area contributed by atoms with Crippen LogP contribution in [0.4, 0.5) is 0 Å². The van der Waals surface area contributed by atoms with Crippen LogP contribution in [-0.4, -0.2) is 32.5 Å². The maximum Gasteiger partial charge on any atom is 0.128 e. The molecule has 0 heterocycles. The van der Waals surface area contributed by atoms with Crippen LogP contribution in [0.15, 0.2) is 18.2 Å². The van der Waals surface area contributed by atoms with Gasteiger partial charge in [-0.15, -0.1) is 0 Å². The van der Waals surface area contributed by atoms with Crippen LogP contribution in [0, 0.1) is 0 Å². The molecule has 0 aliphatic carbocycles. The molecule has 1 N–H and O–H groups in total. The Morgan fingerprint density at radius 2 is 2.00 bits per heavy atom. The monoisotopic (exact) mass is 240 g/mol. The SMILES string of the molecule is CCOCCC(O)c1ccc(OC)cc1OC. The number of hydrogen-bond donors (Lipinski definition) is 1. The van der Waals surface area contributed by atoms with Crippen LogP contribution < -0.4 is 9.47 Å². The van der Waals surface area contributed by atoms with Crippen molar-refractivity contribution in [3.05, 3.63) is 23.8 Å². The smallest absolute Gasteiger partial charge is 0.128 e. The molecule has 0 aliphatic heterocycles. The van der Waals surface area contributed by atoms with Crippen molar-refractivity contribution in [1.82, 2.24) is 0 Å². The zero-order chi connectivity index (χ0) is 12.7. The molecular weight excluding hydrogens is 220 g/mol. The predicted molar refractivity (Wildman–Crippen MR) is 65.6 cm³/mol. The lowest BCUT2D eigenvalue weighted by atomic mass is 10.1. The van der Waals surface area contributed by atoms with Gasteiger partial charge in [0, 0.05) is 31.3 Å². The molecule has 0 aromatic heterocycles. The van der Waals surface area contributed by atoms with E-state index in [1.807, 2.05) is 19.1 Å². The Labute approximate surface area is 102 Å². The van der Waals surface area contributed by atoms with E-state index in [9.17, 15) is 5.11 Å². The Morgan fingerprint density at radius 1 is 1.24 bits per heavy atom. The molecule has 1 atom stereocenters. The van der Waals surface area contributed by atoms with Crippen molar-refractivity contribution < 1.29 is 19.3 Å². The van der Waals surface area contributed by atoms with Gasteiger partial charge in [0.15, 0.2) is 0 Å². The number of rotatable bonds is 7. The molecule has 4 heteroatoms. The van der Waals surface area contributed by atoms with Crippen molar-refractivity contribution in [3.63, 3.8) is 0 Å². The Morgan fingerprint density at radius 3 is 2.59 bits per heavy atom. The fourth-order valence-electron chi connectivity index (χ4n) is 1.59. The van der Waals surface area contributed by atoms with E-state index in [2.05, 4.69) is 0 Å². The maximum atomic E-state index is 10.0. The molecule has 96 valence electrons. The summed E-state index contributed by atoms with van der Waals surface area (Å²) in [6.07, 6.45) is -0.0290. The van der Waals surface area contributed by atoms with Crippen LogP contribution >= 0.6 is 0 Å². The van der Waals surface area contributed by atoms with E-state index in [1.165, 1.54) is 0 Å². The fourth-order valence-corrected chi connectivity index (χ4v) is 1.59. The Bertz CT molecular complexity index is 338. The molecule has 0 spiro atoms. The molecule has 0 fully saturated rings. The van der Waals surface area contributed by atoms with Gasteiger partial charge in [-0.05, 0) is 19.1 Å². The molecule has 0 aliphatic rings. The zero-order valence-corrected chi connectivity index (χ0v) is 10.6. The highest BCUT2D eigenvalue weighted by Crippen LogP contribution is 2.30. The first kappa shape index (κ1) is 13.8. The van der Waals surface area contributed by atoms with E-state index >= 15 is 0 Å². The molecule has 0 saturated heterocycles. The number of benzene rings is 1. The van der Waals surface area contributed by atoms with Crippen LogP contribution in [0.5, 0.6) is 11.5 Å². The molecule has 17 heavy (non-hydrogen) atoms. The summed E-state index contributed by atoms with van der Waals surface area (Å²) >= 11 is 0. The molecule has 0 radical (unpaired) electrons. The Balaban J connectivity index is 2.74. The second kappa shape index (κ2) is 7.14. The average molecular weight is 240 g/mol. The summed E-state index contributed by atoms with van der Waals surface area (Å²) in [6, 6.07) is 5.38. The maximum absolute atomic E-state index is 10.0. The zero-order valence-electron chi connectivity index (χ0n) is 10.6. The predicted octanol–water partition coefficient (Wildman–Crippen LogP) is 2.16. The summed E-state index contributed by atoms with van der Waals surface area (Å²) in [5, 5.41) is 10.0. The molecule has 4 nitrogen and oxygen atoms in total. The first-order valence-corrected chi connectivity index (χ1v) is 5.70. The first-order valence-electron chi connectivity index (χ1n) is 5.70. The van der Waals surface area contributed by atoms with E-state index in [0.29, 0.717) is 31.1 Å². The van der Waals surface area contributed by atoms with Gasteiger partial charge >= 0.3 is 0 Å². The summed E-state index contributed by atoms with van der Waals surface area (Å²) < 4.78 is 15.6. The van der Waals surface area contributed by atoms with E-state index in [-0.39, 0.29) is 0 Å². The molecular formula is C13H20O4. The third-order valence-corrected chi connectivity index (χ3v) is 2.54.